The predicted octanol–water partition coefficient (Wildman–Crippen LogP) is 2.62. The fourth-order valence-corrected chi connectivity index (χ4v) is 2.12. The van der Waals surface area contributed by atoms with Gasteiger partial charge in [0, 0.05) is 19.2 Å². The molecule has 108 valence electrons. The van der Waals surface area contributed by atoms with Crippen LogP contribution in [0.25, 0.3) is 0 Å². The summed E-state index contributed by atoms with van der Waals surface area (Å²) in [5.41, 5.74) is 1.36. The standard InChI is InChI=1S/C16H27NO2/c1-13(17-12-16(2,3)9-10-18)11-14-7-5-6-8-15(14)19-4/h5-8,13,17-18H,9-12H2,1-4H3. The molecule has 0 aliphatic heterocycles. The summed E-state index contributed by atoms with van der Waals surface area (Å²) in [5.74, 6) is 0.950. The van der Waals surface area contributed by atoms with E-state index in [9.17, 15) is 0 Å². The van der Waals surface area contributed by atoms with Crippen LogP contribution in [0.5, 0.6) is 5.75 Å². The quantitative estimate of drug-likeness (QED) is 0.759. The summed E-state index contributed by atoms with van der Waals surface area (Å²) in [6.07, 6.45) is 1.76. The molecule has 0 aliphatic carbocycles. The molecule has 1 rings (SSSR count). The first-order valence-corrected chi connectivity index (χ1v) is 6.94. The van der Waals surface area contributed by atoms with Crippen molar-refractivity contribution in [3.05, 3.63) is 29.8 Å². The number of nitrogens with one attached hydrogen (secondary N) is 1. The van der Waals surface area contributed by atoms with Gasteiger partial charge < -0.3 is 15.2 Å². The number of aliphatic hydroxyl groups is 1. The van der Waals surface area contributed by atoms with E-state index in [-0.39, 0.29) is 12.0 Å². The Labute approximate surface area is 117 Å². The highest BCUT2D eigenvalue weighted by Gasteiger charge is 2.18. The van der Waals surface area contributed by atoms with E-state index in [2.05, 4.69) is 32.2 Å². The van der Waals surface area contributed by atoms with Crippen molar-refractivity contribution in [2.75, 3.05) is 20.3 Å². The number of aliphatic hydroxyl groups excluding tert-OH is 1. The topological polar surface area (TPSA) is 41.5 Å². The molecule has 0 heterocycles. The van der Waals surface area contributed by atoms with Gasteiger partial charge in [-0.15, -0.1) is 0 Å². The van der Waals surface area contributed by atoms with Crippen molar-refractivity contribution in [2.45, 2.75) is 39.7 Å². The summed E-state index contributed by atoms with van der Waals surface area (Å²) in [6.45, 7) is 7.68. The first-order valence-electron chi connectivity index (χ1n) is 6.94. The Balaban J connectivity index is 2.49. The van der Waals surface area contributed by atoms with Crippen molar-refractivity contribution in [1.29, 1.82) is 0 Å². The molecule has 0 aromatic heterocycles. The first kappa shape index (κ1) is 16.0. The maximum absolute atomic E-state index is 9.03. The zero-order valence-electron chi connectivity index (χ0n) is 12.6. The Bertz CT molecular complexity index is 377. The molecule has 1 unspecified atom stereocenters. The largest absolute Gasteiger partial charge is 0.496 e. The van der Waals surface area contributed by atoms with Crippen molar-refractivity contribution < 1.29 is 9.84 Å². The van der Waals surface area contributed by atoms with Crippen LogP contribution in [-0.2, 0) is 6.42 Å². The average Bonchev–Trinajstić information content (AvgIpc) is 2.37. The summed E-state index contributed by atoms with van der Waals surface area (Å²) < 4.78 is 5.37. The molecular weight excluding hydrogens is 238 g/mol. The minimum absolute atomic E-state index is 0.129. The third-order valence-electron chi connectivity index (χ3n) is 3.44. The molecule has 1 atom stereocenters. The van der Waals surface area contributed by atoms with Crippen molar-refractivity contribution >= 4 is 0 Å². The van der Waals surface area contributed by atoms with Gasteiger partial charge in [0.25, 0.3) is 0 Å². The molecule has 19 heavy (non-hydrogen) atoms. The number of para-hydroxylation sites is 1. The van der Waals surface area contributed by atoms with Gasteiger partial charge in [0.2, 0.25) is 0 Å². The molecule has 0 spiro atoms. The maximum atomic E-state index is 9.03. The molecule has 0 saturated heterocycles. The highest BCUT2D eigenvalue weighted by molar-refractivity contribution is 5.33. The molecule has 3 heteroatoms. The number of rotatable bonds is 8. The molecule has 3 nitrogen and oxygen atoms in total. The summed E-state index contributed by atoms with van der Waals surface area (Å²) in [7, 11) is 1.71. The van der Waals surface area contributed by atoms with Crippen molar-refractivity contribution in [1.82, 2.24) is 5.32 Å². The normalized spacial score (nSPS) is 13.3. The van der Waals surface area contributed by atoms with Gasteiger partial charge in [0.05, 0.1) is 7.11 Å². The number of methoxy groups -OCH3 is 1. The van der Waals surface area contributed by atoms with Crippen molar-refractivity contribution in [3.8, 4) is 5.75 Å². The van der Waals surface area contributed by atoms with Crippen LogP contribution in [0.4, 0.5) is 0 Å². The van der Waals surface area contributed by atoms with Crippen LogP contribution in [0, 0.1) is 5.41 Å². The third-order valence-corrected chi connectivity index (χ3v) is 3.44. The molecule has 1 aromatic carbocycles. The van der Waals surface area contributed by atoms with E-state index in [1.54, 1.807) is 7.11 Å². The number of benzene rings is 1. The second-order valence-electron chi connectivity index (χ2n) is 5.94. The van der Waals surface area contributed by atoms with Gasteiger partial charge in [-0.1, -0.05) is 32.0 Å². The highest BCUT2D eigenvalue weighted by atomic mass is 16.5. The van der Waals surface area contributed by atoms with Gasteiger partial charge in [-0.05, 0) is 36.8 Å². The maximum Gasteiger partial charge on any atom is 0.122 e. The fourth-order valence-electron chi connectivity index (χ4n) is 2.12. The van der Waals surface area contributed by atoms with E-state index in [1.165, 1.54) is 5.56 Å². The van der Waals surface area contributed by atoms with Gasteiger partial charge >= 0.3 is 0 Å². The SMILES string of the molecule is COc1ccccc1CC(C)NCC(C)(C)CCO. The summed E-state index contributed by atoms with van der Waals surface area (Å²) in [5, 5.41) is 12.6. The Morgan fingerprint density at radius 2 is 2.00 bits per heavy atom. The molecule has 0 amide bonds. The summed E-state index contributed by atoms with van der Waals surface area (Å²) >= 11 is 0. The molecule has 0 saturated carbocycles. The molecule has 2 N–H and O–H groups in total. The van der Waals surface area contributed by atoms with Crippen LogP contribution in [0.3, 0.4) is 0 Å². The molecule has 1 aromatic rings. The molecule has 0 aliphatic rings. The van der Waals surface area contributed by atoms with Gasteiger partial charge in [-0.3, -0.25) is 0 Å². The monoisotopic (exact) mass is 265 g/mol. The van der Waals surface area contributed by atoms with Crippen LogP contribution < -0.4 is 10.1 Å². The van der Waals surface area contributed by atoms with Gasteiger partial charge in [0.1, 0.15) is 5.75 Å². The summed E-state index contributed by atoms with van der Waals surface area (Å²) in [4.78, 5) is 0. The van der Waals surface area contributed by atoms with E-state index in [0.717, 1.165) is 25.1 Å². The Kier molecular flexibility index (Phi) is 6.32. The Morgan fingerprint density at radius 1 is 1.32 bits per heavy atom. The fraction of sp³-hybridized carbons (Fsp3) is 0.625. The molecule has 0 fully saturated rings. The van der Waals surface area contributed by atoms with Crippen molar-refractivity contribution in [2.24, 2.45) is 5.41 Å². The van der Waals surface area contributed by atoms with Crippen LogP contribution in [0.1, 0.15) is 32.8 Å². The minimum Gasteiger partial charge on any atom is -0.496 e. The van der Waals surface area contributed by atoms with Crippen LogP contribution in [-0.4, -0.2) is 31.4 Å². The van der Waals surface area contributed by atoms with E-state index in [4.69, 9.17) is 9.84 Å². The number of ether oxygens (including phenoxy) is 1. The molecular formula is C16H27NO2. The zero-order valence-corrected chi connectivity index (χ0v) is 12.6. The Morgan fingerprint density at radius 3 is 2.63 bits per heavy atom. The lowest BCUT2D eigenvalue weighted by Crippen LogP contribution is -2.37. The second kappa shape index (κ2) is 7.51. The van der Waals surface area contributed by atoms with Gasteiger partial charge in [0.15, 0.2) is 0 Å². The Hall–Kier alpha value is -1.06. The van der Waals surface area contributed by atoms with Crippen LogP contribution in [0.15, 0.2) is 24.3 Å². The van der Waals surface area contributed by atoms with Crippen molar-refractivity contribution in [3.63, 3.8) is 0 Å². The number of hydrogen-bond donors (Lipinski definition) is 2. The minimum atomic E-state index is 0.129. The van der Waals surface area contributed by atoms with Gasteiger partial charge in [-0.25, -0.2) is 0 Å². The van der Waals surface area contributed by atoms with E-state index in [0.29, 0.717) is 6.04 Å². The lowest BCUT2D eigenvalue weighted by Gasteiger charge is -2.26. The smallest absolute Gasteiger partial charge is 0.122 e. The second-order valence-corrected chi connectivity index (χ2v) is 5.94. The lowest BCUT2D eigenvalue weighted by atomic mass is 9.89. The van der Waals surface area contributed by atoms with E-state index >= 15 is 0 Å². The summed E-state index contributed by atoms with van der Waals surface area (Å²) in [6, 6.07) is 8.52. The molecule has 0 radical (unpaired) electrons. The predicted molar refractivity (Wildman–Crippen MR) is 79.6 cm³/mol. The van der Waals surface area contributed by atoms with Crippen LogP contribution in [0.2, 0.25) is 0 Å². The molecule has 0 bridgehead atoms. The number of hydrogen-bond acceptors (Lipinski definition) is 3. The van der Waals surface area contributed by atoms with E-state index < -0.39 is 0 Å². The zero-order chi connectivity index (χ0) is 14.3. The van der Waals surface area contributed by atoms with Gasteiger partial charge in [-0.2, -0.15) is 0 Å². The highest BCUT2D eigenvalue weighted by Crippen LogP contribution is 2.21. The average molecular weight is 265 g/mol. The van der Waals surface area contributed by atoms with Crippen LogP contribution >= 0.6 is 0 Å². The third kappa shape index (κ3) is 5.62. The van der Waals surface area contributed by atoms with E-state index in [1.807, 2.05) is 18.2 Å². The first-order chi connectivity index (χ1) is 8.98. The lowest BCUT2D eigenvalue weighted by molar-refractivity contribution is 0.203.